The van der Waals surface area contributed by atoms with Crippen molar-refractivity contribution in [2.75, 3.05) is 0 Å². The Labute approximate surface area is 77.5 Å². The van der Waals surface area contributed by atoms with Crippen molar-refractivity contribution in [3.63, 3.8) is 0 Å². The number of hydrogen-bond donors (Lipinski definition) is 1. The molecule has 0 aliphatic rings. The molecule has 0 fully saturated rings. The van der Waals surface area contributed by atoms with Crippen LogP contribution in [0.25, 0.3) is 0 Å². The lowest BCUT2D eigenvalue weighted by atomic mass is 9.98. The fraction of sp³-hybridized carbons (Fsp3) is 0.273. The third-order valence-corrected chi connectivity index (χ3v) is 2.08. The predicted molar refractivity (Wildman–Crippen MR) is 50.7 cm³/mol. The van der Waals surface area contributed by atoms with Crippen LogP contribution in [0.2, 0.25) is 0 Å². The summed E-state index contributed by atoms with van der Waals surface area (Å²) in [6.45, 7) is 5.45. The van der Waals surface area contributed by atoms with E-state index in [1.165, 1.54) is 12.1 Å². The summed E-state index contributed by atoms with van der Waals surface area (Å²) in [6, 6.07) is 5.85. The predicted octanol–water partition coefficient (Wildman–Crippen LogP) is 2.68. The maximum Gasteiger partial charge on any atom is 0.123 e. The molecule has 0 spiro atoms. The normalized spacial score (nSPS) is 15.0. The standard InChI is InChI=1S/C11H13FO/c1-3-8(2)11(13)9-4-6-10(12)7-5-9/h3-8,11,13H,1H2,2H3/t8-,11-/m1/s1. The van der Waals surface area contributed by atoms with E-state index in [9.17, 15) is 9.50 Å². The molecular weight excluding hydrogens is 167 g/mol. The minimum atomic E-state index is -0.599. The van der Waals surface area contributed by atoms with E-state index in [-0.39, 0.29) is 11.7 Å². The Hall–Kier alpha value is -1.15. The molecule has 0 aromatic heterocycles. The molecule has 70 valence electrons. The average molecular weight is 180 g/mol. The van der Waals surface area contributed by atoms with Crippen LogP contribution >= 0.6 is 0 Å². The Morgan fingerprint density at radius 3 is 2.38 bits per heavy atom. The summed E-state index contributed by atoms with van der Waals surface area (Å²) in [4.78, 5) is 0. The average Bonchev–Trinajstić information content (AvgIpc) is 2.17. The Bertz CT molecular complexity index is 279. The molecule has 13 heavy (non-hydrogen) atoms. The van der Waals surface area contributed by atoms with E-state index in [0.29, 0.717) is 5.56 Å². The smallest absolute Gasteiger partial charge is 0.123 e. The van der Waals surface area contributed by atoms with Gasteiger partial charge in [0.1, 0.15) is 5.82 Å². The second-order valence-electron chi connectivity index (χ2n) is 3.09. The molecule has 0 heterocycles. The topological polar surface area (TPSA) is 20.2 Å². The maximum absolute atomic E-state index is 12.5. The van der Waals surface area contributed by atoms with Gasteiger partial charge in [0.15, 0.2) is 0 Å². The molecule has 0 bridgehead atoms. The summed E-state index contributed by atoms with van der Waals surface area (Å²) in [6.07, 6.45) is 1.08. The number of benzene rings is 1. The summed E-state index contributed by atoms with van der Waals surface area (Å²) >= 11 is 0. The molecule has 2 heteroatoms. The van der Waals surface area contributed by atoms with E-state index < -0.39 is 6.10 Å². The third-order valence-electron chi connectivity index (χ3n) is 2.08. The summed E-state index contributed by atoms with van der Waals surface area (Å²) in [5.41, 5.74) is 0.716. The van der Waals surface area contributed by atoms with Crippen molar-refractivity contribution in [3.8, 4) is 0 Å². The van der Waals surface area contributed by atoms with Crippen LogP contribution in [0.1, 0.15) is 18.6 Å². The first kappa shape index (κ1) is 9.93. The first-order chi connectivity index (χ1) is 6.15. The molecule has 1 N–H and O–H groups in total. The van der Waals surface area contributed by atoms with Gasteiger partial charge < -0.3 is 5.11 Å². The minimum Gasteiger partial charge on any atom is -0.388 e. The first-order valence-corrected chi connectivity index (χ1v) is 4.21. The van der Waals surface area contributed by atoms with Crippen molar-refractivity contribution in [3.05, 3.63) is 48.3 Å². The van der Waals surface area contributed by atoms with Crippen molar-refractivity contribution < 1.29 is 9.50 Å². The summed E-state index contributed by atoms with van der Waals surface area (Å²) < 4.78 is 12.5. The lowest BCUT2D eigenvalue weighted by Crippen LogP contribution is -2.06. The van der Waals surface area contributed by atoms with Gasteiger partial charge in [0.05, 0.1) is 6.10 Å². The highest BCUT2D eigenvalue weighted by Gasteiger charge is 2.12. The number of rotatable bonds is 3. The lowest BCUT2D eigenvalue weighted by Gasteiger charge is -2.15. The molecule has 1 rings (SSSR count). The zero-order valence-corrected chi connectivity index (χ0v) is 7.57. The van der Waals surface area contributed by atoms with Crippen LogP contribution in [0.3, 0.4) is 0 Å². The summed E-state index contributed by atoms with van der Waals surface area (Å²) in [7, 11) is 0. The van der Waals surface area contributed by atoms with Gasteiger partial charge in [-0.25, -0.2) is 4.39 Å². The first-order valence-electron chi connectivity index (χ1n) is 4.21. The molecule has 0 aliphatic carbocycles. The quantitative estimate of drug-likeness (QED) is 0.709. The van der Waals surface area contributed by atoms with Crippen molar-refractivity contribution in [2.24, 2.45) is 5.92 Å². The fourth-order valence-corrected chi connectivity index (χ4v) is 1.09. The Morgan fingerprint density at radius 2 is 1.92 bits per heavy atom. The number of hydrogen-bond acceptors (Lipinski definition) is 1. The molecule has 0 aliphatic heterocycles. The highest BCUT2D eigenvalue weighted by Crippen LogP contribution is 2.22. The molecule has 1 aromatic rings. The largest absolute Gasteiger partial charge is 0.388 e. The summed E-state index contributed by atoms with van der Waals surface area (Å²) in [5, 5.41) is 9.69. The Morgan fingerprint density at radius 1 is 1.38 bits per heavy atom. The highest BCUT2D eigenvalue weighted by molar-refractivity contribution is 5.19. The molecule has 2 atom stereocenters. The van der Waals surface area contributed by atoms with Crippen LogP contribution in [-0.2, 0) is 0 Å². The van der Waals surface area contributed by atoms with Crippen molar-refractivity contribution >= 4 is 0 Å². The van der Waals surface area contributed by atoms with Gasteiger partial charge >= 0.3 is 0 Å². The molecule has 0 saturated carbocycles. The molecule has 1 nitrogen and oxygen atoms in total. The van der Waals surface area contributed by atoms with Crippen LogP contribution in [0.15, 0.2) is 36.9 Å². The fourth-order valence-electron chi connectivity index (χ4n) is 1.09. The molecule has 0 radical (unpaired) electrons. The van der Waals surface area contributed by atoms with Gasteiger partial charge in [0, 0.05) is 5.92 Å². The van der Waals surface area contributed by atoms with Crippen LogP contribution in [0, 0.1) is 11.7 Å². The zero-order chi connectivity index (χ0) is 9.84. The second kappa shape index (κ2) is 4.19. The van der Waals surface area contributed by atoms with E-state index >= 15 is 0 Å². The van der Waals surface area contributed by atoms with E-state index in [2.05, 4.69) is 6.58 Å². The monoisotopic (exact) mass is 180 g/mol. The number of halogens is 1. The highest BCUT2D eigenvalue weighted by atomic mass is 19.1. The molecule has 0 amide bonds. The number of aliphatic hydroxyl groups excluding tert-OH is 1. The number of aliphatic hydroxyl groups is 1. The molecule has 1 aromatic carbocycles. The molecule has 0 unspecified atom stereocenters. The van der Waals surface area contributed by atoms with Gasteiger partial charge in [-0.1, -0.05) is 25.1 Å². The summed E-state index contributed by atoms with van der Waals surface area (Å²) in [5.74, 6) is -0.312. The Balaban J connectivity index is 2.82. The van der Waals surface area contributed by atoms with Gasteiger partial charge in [-0.2, -0.15) is 0 Å². The molecule has 0 saturated heterocycles. The van der Waals surface area contributed by atoms with Gasteiger partial charge in [-0.05, 0) is 17.7 Å². The van der Waals surface area contributed by atoms with Crippen LogP contribution < -0.4 is 0 Å². The van der Waals surface area contributed by atoms with Crippen molar-refractivity contribution in [1.82, 2.24) is 0 Å². The Kier molecular flexibility index (Phi) is 3.20. The third kappa shape index (κ3) is 2.39. The van der Waals surface area contributed by atoms with E-state index in [4.69, 9.17) is 0 Å². The minimum absolute atomic E-state index is 0.0227. The van der Waals surface area contributed by atoms with Crippen LogP contribution in [0.5, 0.6) is 0 Å². The zero-order valence-electron chi connectivity index (χ0n) is 7.57. The maximum atomic E-state index is 12.5. The SMILES string of the molecule is C=C[C@@H](C)[C@@H](O)c1ccc(F)cc1. The molecular formula is C11H13FO. The van der Waals surface area contributed by atoms with Crippen molar-refractivity contribution in [1.29, 1.82) is 0 Å². The van der Waals surface area contributed by atoms with Crippen LogP contribution in [-0.4, -0.2) is 5.11 Å². The van der Waals surface area contributed by atoms with Gasteiger partial charge in [0.2, 0.25) is 0 Å². The second-order valence-corrected chi connectivity index (χ2v) is 3.09. The van der Waals surface area contributed by atoms with Crippen molar-refractivity contribution in [2.45, 2.75) is 13.0 Å². The van der Waals surface area contributed by atoms with Gasteiger partial charge in [0.25, 0.3) is 0 Å². The van der Waals surface area contributed by atoms with Gasteiger partial charge in [-0.15, -0.1) is 6.58 Å². The van der Waals surface area contributed by atoms with Crippen LogP contribution in [0.4, 0.5) is 4.39 Å². The van der Waals surface area contributed by atoms with E-state index in [1.54, 1.807) is 18.2 Å². The van der Waals surface area contributed by atoms with Gasteiger partial charge in [-0.3, -0.25) is 0 Å². The van der Waals surface area contributed by atoms with E-state index in [0.717, 1.165) is 0 Å². The lowest BCUT2D eigenvalue weighted by molar-refractivity contribution is 0.140. The van der Waals surface area contributed by atoms with E-state index in [1.807, 2.05) is 6.92 Å².